The molecule has 9 nitrogen and oxygen atoms in total. The highest BCUT2D eigenvalue weighted by Crippen LogP contribution is 2.29. The number of carbonyl (C=O) groups excluding carboxylic acids is 2. The molecule has 34 heavy (non-hydrogen) atoms. The number of rotatable bonds is 8. The number of aromatic nitrogens is 3. The molecule has 0 fully saturated rings. The maximum Gasteiger partial charge on any atom is 0.325 e. The van der Waals surface area contributed by atoms with Crippen LogP contribution < -0.4 is 10.6 Å². The second-order valence-corrected chi connectivity index (χ2v) is 7.76. The summed E-state index contributed by atoms with van der Waals surface area (Å²) in [4.78, 5) is 25.0. The van der Waals surface area contributed by atoms with E-state index in [1.807, 2.05) is 55.5 Å². The van der Waals surface area contributed by atoms with Crippen LogP contribution in [0.2, 0.25) is 0 Å². The molecule has 1 amide bonds. The SMILES string of the molecule is COC(=O)[C@@H](CO)NCc1cc(C(=O)Nc2cccc(-c3ccccc3)c2C)c2nncn2c1. The molecule has 0 aliphatic carbocycles. The highest BCUT2D eigenvalue weighted by Gasteiger charge is 2.19. The predicted molar refractivity (Wildman–Crippen MR) is 127 cm³/mol. The minimum Gasteiger partial charge on any atom is -0.468 e. The quantitative estimate of drug-likeness (QED) is 0.347. The van der Waals surface area contributed by atoms with Crippen molar-refractivity contribution in [1.82, 2.24) is 19.9 Å². The average Bonchev–Trinajstić information content (AvgIpc) is 3.34. The minimum absolute atomic E-state index is 0.219. The Morgan fingerprint density at radius 1 is 1.15 bits per heavy atom. The van der Waals surface area contributed by atoms with Gasteiger partial charge in [0.2, 0.25) is 0 Å². The van der Waals surface area contributed by atoms with Crippen molar-refractivity contribution in [2.75, 3.05) is 19.0 Å². The van der Waals surface area contributed by atoms with E-state index in [1.54, 1.807) is 16.7 Å². The number of carbonyl (C=O) groups is 2. The summed E-state index contributed by atoms with van der Waals surface area (Å²) < 4.78 is 6.32. The third kappa shape index (κ3) is 4.80. The van der Waals surface area contributed by atoms with Crippen molar-refractivity contribution in [1.29, 1.82) is 0 Å². The van der Waals surface area contributed by atoms with E-state index in [2.05, 4.69) is 25.6 Å². The Morgan fingerprint density at radius 2 is 1.94 bits per heavy atom. The molecule has 1 atom stereocenters. The van der Waals surface area contributed by atoms with Crippen LogP contribution in [-0.4, -0.2) is 51.3 Å². The van der Waals surface area contributed by atoms with E-state index in [0.717, 1.165) is 16.7 Å². The number of hydrogen-bond donors (Lipinski definition) is 3. The molecule has 0 aliphatic heterocycles. The number of methoxy groups -OCH3 is 1. The maximum absolute atomic E-state index is 13.3. The van der Waals surface area contributed by atoms with Gasteiger partial charge in [-0.05, 0) is 41.3 Å². The van der Waals surface area contributed by atoms with Crippen molar-refractivity contribution >= 4 is 23.2 Å². The highest BCUT2D eigenvalue weighted by atomic mass is 16.5. The van der Waals surface area contributed by atoms with Gasteiger partial charge >= 0.3 is 5.97 Å². The molecule has 2 heterocycles. The fourth-order valence-corrected chi connectivity index (χ4v) is 3.76. The molecule has 0 radical (unpaired) electrons. The van der Waals surface area contributed by atoms with Crippen LogP contribution in [0.15, 0.2) is 67.1 Å². The van der Waals surface area contributed by atoms with Crippen LogP contribution in [0, 0.1) is 6.92 Å². The Bertz CT molecular complexity index is 1320. The van der Waals surface area contributed by atoms with Gasteiger partial charge in [-0.2, -0.15) is 0 Å². The molecule has 4 rings (SSSR count). The van der Waals surface area contributed by atoms with E-state index in [0.29, 0.717) is 22.5 Å². The number of benzene rings is 2. The Kier molecular flexibility index (Phi) is 6.95. The van der Waals surface area contributed by atoms with Crippen LogP contribution in [0.25, 0.3) is 16.8 Å². The van der Waals surface area contributed by atoms with Gasteiger partial charge in [0.25, 0.3) is 5.91 Å². The monoisotopic (exact) mass is 459 g/mol. The Morgan fingerprint density at radius 3 is 2.68 bits per heavy atom. The van der Waals surface area contributed by atoms with Gasteiger partial charge in [0.05, 0.1) is 19.3 Å². The number of nitrogens with one attached hydrogen (secondary N) is 2. The lowest BCUT2D eigenvalue weighted by Crippen LogP contribution is -2.40. The number of ether oxygens (including phenoxy) is 1. The molecule has 2 aromatic heterocycles. The highest BCUT2D eigenvalue weighted by molar-refractivity contribution is 6.09. The van der Waals surface area contributed by atoms with Crippen LogP contribution in [0.4, 0.5) is 5.69 Å². The third-order valence-electron chi connectivity index (χ3n) is 5.58. The summed E-state index contributed by atoms with van der Waals surface area (Å²) in [5, 5.41) is 23.4. The zero-order valence-electron chi connectivity index (χ0n) is 18.9. The van der Waals surface area contributed by atoms with Crippen molar-refractivity contribution in [3.05, 3.63) is 83.8 Å². The lowest BCUT2D eigenvalue weighted by Gasteiger charge is -2.15. The summed E-state index contributed by atoms with van der Waals surface area (Å²) in [5.41, 5.74) is 5.17. The van der Waals surface area contributed by atoms with Gasteiger partial charge in [0, 0.05) is 18.4 Å². The van der Waals surface area contributed by atoms with Gasteiger partial charge in [0.1, 0.15) is 12.4 Å². The maximum atomic E-state index is 13.3. The van der Waals surface area contributed by atoms with E-state index in [9.17, 15) is 14.7 Å². The number of aliphatic hydroxyl groups is 1. The van der Waals surface area contributed by atoms with Crippen LogP contribution in [-0.2, 0) is 16.1 Å². The number of amides is 1. The van der Waals surface area contributed by atoms with Gasteiger partial charge in [0.15, 0.2) is 5.65 Å². The Balaban J connectivity index is 1.61. The van der Waals surface area contributed by atoms with Crippen LogP contribution in [0.1, 0.15) is 21.5 Å². The van der Waals surface area contributed by atoms with Crippen LogP contribution >= 0.6 is 0 Å². The number of esters is 1. The fourth-order valence-electron chi connectivity index (χ4n) is 3.76. The smallest absolute Gasteiger partial charge is 0.325 e. The van der Waals surface area contributed by atoms with Gasteiger partial charge in [-0.3, -0.25) is 19.3 Å². The molecule has 2 aromatic carbocycles. The van der Waals surface area contributed by atoms with Gasteiger partial charge in [-0.25, -0.2) is 0 Å². The van der Waals surface area contributed by atoms with Crippen molar-refractivity contribution in [2.45, 2.75) is 19.5 Å². The van der Waals surface area contributed by atoms with E-state index >= 15 is 0 Å². The molecule has 174 valence electrons. The lowest BCUT2D eigenvalue weighted by molar-refractivity contribution is -0.144. The summed E-state index contributed by atoms with van der Waals surface area (Å²) in [7, 11) is 1.26. The van der Waals surface area contributed by atoms with Gasteiger partial charge in [-0.1, -0.05) is 42.5 Å². The average molecular weight is 460 g/mol. The molecular weight excluding hydrogens is 434 g/mol. The first kappa shape index (κ1) is 23.1. The van der Waals surface area contributed by atoms with E-state index in [-0.39, 0.29) is 12.5 Å². The zero-order chi connectivity index (χ0) is 24.1. The van der Waals surface area contributed by atoms with Crippen LogP contribution in [0.3, 0.4) is 0 Å². The number of hydrogen-bond acceptors (Lipinski definition) is 7. The first-order valence-corrected chi connectivity index (χ1v) is 10.7. The fraction of sp³-hybridized carbons (Fsp3) is 0.200. The normalized spacial score (nSPS) is 11.9. The Labute approximate surface area is 196 Å². The van der Waals surface area contributed by atoms with Crippen molar-refractivity contribution < 1.29 is 19.4 Å². The molecule has 0 saturated carbocycles. The number of pyridine rings is 1. The molecule has 0 spiro atoms. The summed E-state index contributed by atoms with van der Waals surface area (Å²) in [6, 6.07) is 16.6. The van der Waals surface area contributed by atoms with Gasteiger partial charge in [-0.15, -0.1) is 10.2 Å². The first-order valence-electron chi connectivity index (χ1n) is 10.7. The summed E-state index contributed by atoms with van der Waals surface area (Å²) in [5.74, 6) is -0.903. The molecule has 0 unspecified atom stereocenters. The van der Waals surface area contributed by atoms with E-state index < -0.39 is 18.6 Å². The largest absolute Gasteiger partial charge is 0.468 e. The topological polar surface area (TPSA) is 118 Å². The van der Waals surface area contributed by atoms with Gasteiger partial charge < -0.3 is 15.2 Å². The molecular formula is C25H25N5O4. The standard InChI is InChI=1S/C25H25N5O4/c1-16-19(18-7-4-3-5-8-18)9-6-10-21(16)28-24(32)20-11-17(13-30-15-27-29-23(20)30)12-26-22(14-31)25(33)34-2/h3-11,13,15,22,26,31H,12,14H2,1-2H3,(H,28,32)/t22-/m1/s1. The van der Waals surface area contributed by atoms with E-state index in [1.165, 1.54) is 13.4 Å². The van der Waals surface area contributed by atoms with Crippen LogP contribution in [0.5, 0.6) is 0 Å². The second kappa shape index (κ2) is 10.2. The van der Waals surface area contributed by atoms with Crippen molar-refractivity contribution in [2.24, 2.45) is 0 Å². The number of fused-ring (bicyclic) bond motifs is 1. The van der Waals surface area contributed by atoms with Crippen molar-refractivity contribution in [3.8, 4) is 11.1 Å². The number of aliphatic hydroxyl groups excluding tert-OH is 1. The zero-order valence-corrected chi connectivity index (χ0v) is 18.9. The van der Waals surface area contributed by atoms with E-state index in [4.69, 9.17) is 0 Å². The molecule has 0 aliphatic rings. The number of anilines is 1. The minimum atomic E-state index is -0.873. The molecule has 0 bridgehead atoms. The summed E-state index contributed by atoms with van der Waals surface area (Å²) >= 11 is 0. The second-order valence-electron chi connectivity index (χ2n) is 7.76. The predicted octanol–water partition coefficient (Wildman–Crippen LogP) is 2.58. The van der Waals surface area contributed by atoms with Crippen molar-refractivity contribution in [3.63, 3.8) is 0 Å². The first-order chi connectivity index (χ1) is 16.5. The summed E-state index contributed by atoms with van der Waals surface area (Å²) in [6.45, 7) is 1.77. The Hall–Kier alpha value is -4.08. The third-order valence-corrected chi connectivity index (χ3v) is 5.58. The number of nitrogens with zero attached hydrogens (tertiary/aromatic N) is 3. The summed E-state index contributed by atoms with van der Waals surface area (Å²) in [6.07, 6.45) is 3.26. The molecule has 3 N–H and O–H groups in total. The molecule has 4 aromatic rings. The molecule has 9 heteroatoms. The lowest BCUT2D eigenvalue weighted by atomic mass is 9.99. The molecule has 0 saturated heterocycles.